The second-order valence-corrected chi connectivity index (χ2v) is 10.9. The number of benzene rings is 2. The molecule has 2 aromatic rings. The Bertz CT molecular complexity index is 1730. The highest BCUT2D eigenvalue weighted by atomic mass is 16.7. The zero-order chi connectivity index (χ0) is 35.4. The van der Waals surface area contributed by atoms with E-state index in [0.29, 0.717) is 18.2 Å². The van der Waals surface area contributed by atoms with Gasteiger partial charge in [-0.25, -0.2) is 9.59 Å². The van der Waals surface area contributed by atoms with Gasteiger partial charge in [-0.1, -0.05) is 48.6 Å². The van der Waals surface area contributed by atoms with Crippen LogP contribution in [0.1, 0.15) is 20.7 Å². The maximum atomic E-state index is 13.5. The fourth-order valence-corrected chi connectivity index (χ4v) is 5.09. The Hall–Kier alpha value is -6.00. The number of methoxy groups -OCH3 is 1. The molecule has 5 atom stereocenters. The summed E-state index contributed by atoms with van der Waals surface area (Å²) in [4.78, 5) is 52.9. The molecular formula is C33H30O16. The minimum absolute atomic E-state index is 0.570. The van der Waals surface area contributed by atoms with Crippen LogP contribution in [0.25, 0.3) is 0 Å². The van der Waals surface area contributed by atoms with Gasteiger partial charge >= 0.3 is 23.9 Å². The normalized spacial score (nSPS) is 23.0. The average Bonchev–Trinajstić information content (AvgIpc) is 3.81. The highest BCUT2D eigenvalue weighted by molar-refractivity contribution is 5.94. The molecule has 0 unspecified atom stereocenters. The fourth-order valence-electron chi connectivity index (χ4n) is 5.09. The predicted octanol–water partition coefficient (Wildman–Crippen LogP) is 1.98. The second kappa shape index (κ2) is 14.4. The zero-order valence-corrected chi connectivity index (χ0v) is 25.4. The van der Waals surface area contributed by atoms with E-state index in [1.54, 1.807) is 24.3 Å². The van der Waals surface area contributed by atoms with Gasteiger partial charge in [-0.15, -0.1) is 0 Å². The molecule has 6 N–H and O–H groups in total. The Morgan fingerprint density at radius 1 is 0.592 bits per heavy atom. The molecule has 0 saturated carbocycles. The Morgan fingerprint density at radius 2 is 1.04 bits per heavy atom. The van der Waals surface area contributed by atoms with Crippen molar-refractivity contribution in [3.8, 4) is 34.5 Å². The molecule has 2 aliphatic carbocycles. The summed E-state index contributed by atoms with van der Waals surface area (Å²) in [5.41, 5.74) is -1.22. The van der Waals surface area contributed by atoms with Gasteiger partial charge in [0.05, 0.1) is 11.8 Å². The van der Waals surface area contributed by atoms with E-state index >= 15 is 0 Å². The number of allylic oxidation sites excluding steroid dienone is 4. The smallest absolute Gasteiger partial charge is 0.342 e. The first-order chi connectivity index (χ1) is 23.4. The van der Waals surface area contributed by atoms with Gasteiger partial charge in [0.1, 0.15) is 35.3 Å². The third kappa shape index (κ3) is 7.45. The molecule has 0 aromatic heterocycles. The first-order valence-electron chi connectivity index (χ1n) is 14.5. The zero-order valence-electron chi connectivity index (χ0n) is 25.4. The summed E-state index contributed by atoms with van der Waals surface area (Å²) >= 11 is 0. The third-order valence-electron chi connectivity index (χ3n) is 7.62. The first-order valence-corrected chi connectivity index (χ1v) is 14.5. The van der Waals surface area contributed by atoms with E-state index < -0.39 is 119 Å². The lowest BCUT2D eigenvalue weighted by Gasteiger charge is -2.44. The standard InChI is InChI=1S/C33H30O16/c1-44-33-28(49-30(41)16-8-4-5-9-16)27(48-29(40)15-6-2-3-7-15)26(47-32(43)18-11-22(37)24(39)13-20(18)35)25(46-33)14-45-31(42)17-10-21(36)23(38)12-19(17)34/h2-13,15-16,25-28,33-39H,14H2,1H3/t25-,26-,27+,28-,33+/m1/s1. The van der Waals surface area contributed by atoms with Gasteiger partial charge in [-0.2, -0.15) is 0 Å². The van der Waals surface area contributed by atoms with E-state index in [1.165, 1.54) is 31.4 Å². The minimum Gasteiger partial charge on any atom is -0.507 e. The molecule has 1 aliphatic heterocycles. The minimum atomic E-state index is -1.80. The number of carbonyl (C=O) groups excluding carboxylic acids is 4. The summed E-state index contributed by atoms with van der Waals surface area (Å²) in [6, 6.07) is 2.81. The molecule has 0 spiro atoms. The lowest BCUT2D eigenvalue weighted by atomic mass is 9.97. The summed E-state index contributed by atoms with van der Waals surface area (Å²) in [5.74, 6) is -10.6. The molecule has 0 radical (unpaired) electrons. The van der Waals surface area contributed by atoms with Gasteiger partial charge in [0.15, 0.2) is 47.6 Å². The maximum absolute atomic E-state index is 13.5. The van der Waals surface area contributed by atoms with Crippen LogP contribution in [0.2, 0.25) is 0 Å². The van der Waals surface area contributed by atoms with Crippen molar-refractivity contribution < 1.29 is 78.2 Å². The molecule has 5 rings (SSSR count). The summed E-state index contributed by atoms with van der Waals surface area (Å²) in [6.45, 7) is -0.809. The monoisotopic (exact) mass is 682 g/mol. The number of phenols is 6. The van der Waals surface area contributed by atoms with Crippen molar-refractivity contribution in [3.05, 3.63) is 84.0 Å². The molecule has 1 saturated heterocycles. The molecule has 0 bridgehead atoms. The van der Waals surface area contributed by atoms with Gasteiger partial charge < -0.3 is 59.1 Å². The summed E-state index contributed by atoms with van der Waals surface area (Å²) in [5, 5.41) is 59.6. The van der Waals surface area contributed by atoms with Crippen LogP contribution in [0.3, 0.4) is 0 Å². The Balaban J connectivity index is 1.52. The first kappa shape index (κ1) is 34.3. The second-order valence-electron chi connectivity index (χ2n) is 10.9. The number of ether oxygens (including phenoxy) is 6. The average molecular weight is 683 g/mol. The third-order valence-corrected chi connectivity index (χ3v) is 7.62. The summed E-state index contributed by atoms with van der Waals surface area (Å²) < 4.78 is 33.8. The van der Waals surface area contributed by atoms with Crippen LogP contribution in [-0.2, 0) is 38.0 Å². The van der Waals surface area contributed by atoms with E-state index in [2.05, 4.69) is 0 Å². The lowest BCUT2D eigenvalue weighted by Crippen LogP contribution is -2.63. The Kier molecular flexibility index (Phi) is 10.1. The quantitative estimate of drug-likeness (QED) is 0.0908. The van der Waals surface area contributed by atoms with Crippen LogP contribution in [0.5, 0.6) is 34.5 Å². The van der Waals surface area contributed by atoms with E-state index in [0.717, 1.165) is 6.07 Å². The van der Waals surface area contributed by atoms with Gasteiger partial charge in [0, 0.05) is 31.4 Å². The van der Waals surface area contributed by atoms with Crippen molar-refractivity contribution >= 4 is 23.9 Å². The maximum Gasteiger partial charge on any atom is 0.342 e. The number of aromatic hydroxyl groups is 6. The van der Waals surface area contributed by atoms with Crippen molar-refractivity contribution in [1.82, 2.24) is 0 Å². The summed E-state index contributed by atoms with van der Waals surface area (Å²) in [6.07, 6.45) is 4.20. The van der Waals surface area contributed by atoms with Gasteiger partial charge in [0.2, 0.25) is 0 Å². The number of hydrogen-bond donors (Lipinski definition) is 6. The predicted molar refractivity (Wildman–Crippen MR) is 161 cm³/mol. The van der Waals surface area contributed by atoms with Crippen molar-refractivity contribution in [1.29, 1.82) is 0 Å². The van der Waals surface area contributed by atoms with Crippen molar-refractivity contribution in [2.45, 2.75) is 30.7 Å². The van der Waals surface area contributed by atoms with E-state index in [-0.39, 0.29) is 0 Å². The molecule has 258 valence electrons. The molecule has 2 aromatic carbocycles. The van der Waals surface area contributed by atoms with Gasteiger partial charge in [-0.05, 0) is 0 Å². The van der Waals surface area contributed by atoms with Crippen LogP contribution >= 0.6 is 0 Å². The SMILES string of the molecule is CO[C@H]1O[C@H](COC(=O)c2cc(O)c(O)cc2O)[C@@H](OC(=O)c2cc(O)c(O)cc2O)[C@H](OC(=O)C2C=CC=C2)[C@H]1OC(=O)C1C=CC=C1. The number of hydrogen-bond acceptors (Lipinski definition) is 16. The fraction of sp³-hybridized carbons (Fsp3) is 0.273. The van der Waals surface area contributed by atoms with Crippen molar-refractivity contribution in [3.63, 3.8) is 0 Å². The topological polar surface area (TPSA) is 245 Å². The molecule has 3 aliphatic rings. The number of carbonyl (C=O) groups is 4. The van der Waals surface area contributed by atoms with Crippen LogP contribution < -0.4 is 0 Å². The van der Waals surface area contributed by atoms with Crippen molar-refractivity contribution in [2.24, 2.45) is 11.8 Å². The molecule has 0 amide bonds. The van der Waals surface area contributed by atoms with E-state index in [9.17, 15) is 49.8 Å². The van der Waals surface area contributed by atoms with Crippen LogP contribution in [0.15, 0.2) is 72.9 Å². The summed E-state index contributed by atoms with van der Waals surface area (Å²) in [7, 11) is 1.17. The number of esters is 4. The molecule has 1 heterocycles. The number of rotatable bonds is 10. The van der Waals surface area contributed by atoms with Gasteiger partial charge in [0.25, 0.3) is 0 Å². The molecule has 49 heavy (non-hydrogen) atoms. The highest BCUT2D eigenvalue weighted by Gasteiger charge is 2.54. The van der Waals surface area contributed by atoms with Crippen molar-refractivity contribution in [2.75, 3.05) is 13.7 Å². The Morgan fingerprint density at radius 3 is 1.53 bits per heavy atom. The Labute approximate surface area is 276 Å². The van der Waals surface area contributed by atoms with Gasteiger partial charge in [-0.3, -0.25) is 9.59 Å². The van der Waals surface area contributed by atoms with Crippen LogP contribution in [-0.4, -0.2) is 98.9 Å². The molecule has 16 heteroatoms. The van der Waals surface area contributed by atoms with Crippen LogP contribution in [0.4, 0.5) is 0 Å². The lowest BCUT2D eigenvalue weighted by molar-refractivity contribution is -0.300. The number of phenolic OH excluding ortho intramolecular Hbond substituents is 6. The van der Waals surface area contributed by atoms with Crippen LogP contribution in [0, 0.1) is 11.8 Å². The van der Waals surface area contributed by atoms with E-state index in [4.69, 9.17) is 28.4 Å². The largest absolute Gasteiger partial charge is 0.507 e. The molecule has 16 nitrogen and oxygen atoms in total. The highest BCUT2D eigenvalue weighted by Crippen LogP contribution is 2.36. The molecular weight excluding hydrogens is 652 g/mol. The van der Waals surface area contributed by atoms with E-state index in [1.807, 2.05) is 0 Å². The molecule has 1 fully saturated rings.